The predicted octanol–water partition coefficient (Wildman–Crippen LogP) is 3.17. The topological polar surface area (TPSA) is 109 Å². The molecule has 2 aliphatic heterocycles. The molecule has 0 aliphatic carbocycles. The van der Waals surface area contributed by atoms with Crippen LogP contribution in [0.1, 0.15) is 45.4 Å². The van der Waals surface area contributed by atoms with Gasteiger partial charge in [-0.25, -0.2) is 4.98 Å². The van der Waals surface area contributed by atoms with E-state index >= 15 is 0 Å². The van der Waals surface area contributed by atoms with Crippen LogP contribution in [0.25, 0.3) is 10.9 Å². The van der Waals surface area contributed by atoms with Gasteiger partial charge in [0.15, 0.2) is 0 Å². The number of nitrogens with one attached hydrogen (secondary N) is 1. The minimum Gasteiger partial charge on any atom is -0.375 e. The second kappa shape index (κ2) is 8.98. The molecule has 0 spiro atoms. The van der Waals surface area contributed by atoms with Crippen molar-refractivity contribution < 1.29 is 9.53 Å². The number of carbonyl (C=O) groups excluding carboxylic acids is 1. The third-order valence-electron chi connectivity index (χ3n) is 7.36. The minimum atomic E-state index is -0.764. The molecule has 6 rings (SSSR count). The molecular formula is C28H27N7O2. The Bertz CT molecular complexity index is 1570. The van der Waals surface area contributed by atoms with E-state index in [1.165, 1.54) is 11.3 Å². The fourth-order valence-electron chi connectivity index (χ4n) is 5.17. The van der Waals surface area contributed by atoms with E-state index < -0.39 is 5.41 Å². The molecule has 9 nitrogen and oxygen atoms in total. The maximum absolute atomic E-state index is 12.9. The first-order valence-electron chi connectivity index (χ1n) is 12.3. The first kappa shape index (κ1) is 23.1. The molecule has 2 aliphatic rings. The third-order valence-corrected chi connectivity index (χ3v) is 7.36. The molecule has 3 aromatic heterocycles. The maximum atomic E-state index is 12.9. The van der Waals surface area contributed by atoms with Gasteiger partial charge in [0.25, 0.3) is 5.91 Å². The number of aryl methyl sites for hydroxylation is 1. The lowest BCUT2D eigenvalue weighted by atomic mass is 9.79. The maximum Gasteiger partial charge on any atom is 0.251 e. The number of nitrogens with zero attached hydrogens (tertiary/aromatic N) is 6. The standard InChI is InChI=1S/C28H27N7O2/c1-28(16-29)17-37-15-20-4-3-18(9-23(20)28)27(36)31-13-22-10-24-19(11-30-22)5-6-26(33-24)35-8-7-25-21(14-35)12-32-34(25)2/h3-6,9-12H,7-8,13-15,17H2,1-2H3,(H,31,36)/t28-/m1/s1. The van der Waals surface area contributed by atoms with Crippen LogP contribution in [-0.4, -0.2) is 38.8 Å². The number of nitriles is 1. The Morgan fingerprint density at radius 3 is 2.97 bits per heavy atom. The van der Waals surface area contributed by atoms with E-state index in [9.17, 15) is 10.1 Å². The van der Waals surface area contributed by atoms with E-state index in [4.69, 9.17) is 9.72 Å². The van der Waals surface area contributed by atoms with Gasteiger partial charge in [0.05, 0.1) is 43.2 Å². The highest BCUT2D eigenvalue weighted by molar-refractivity contribution is 5.94. The van der Waals surface area contributed by atoms with Crippen molar-refractivity contribution in [2.45, 2.75) is 38.5 Å². The molecular weight excluding hydrogens is 466 g/mol. The summed E-state index contributed by atoms with van der Waals surface area (Å²) in [6, 6.07) is 13.8. The van der Waals surface area contributed by atoms with Gasteiger partial charge in [0, 0.05) is 55.0 Å². The molecule has 0 saturated heterocycles. The summed E-state index contributed by atoms with van der Waals surface area (Å²) in [4.78, 5) is 24.6. The van der Waals surface area contributed by atoms with Gasteiger partial charge in [-0.05, 0) is 48.4 Å². The number of pyridine rings is 2. The normalized spacial score (nSPS) is 18.7. The smallest absolute Gasteiger partial charge is 0.251 e. The van der Waals surface area contributed by atoms with E-state index in [1.807, 2.05) is 55.2 Å². The lowest BCUT2D eigenvalue weighted by molar-refractivity contribution is 0.0757. The quantitative estimate of drug-likeness (QED) is 0.465. The Labute approximate surface area is 214 Å². The number of aromatic nitrogens is 4. The number of carbonyl (C=O) groups is 1. The van der Waals surface area contributed by atoms with E-state index in [0.717, 1.165) is 53.1 Å². The number of hydrogen-bond acceptors (Lipinski definition) is 7. The second-order valence-corrected chi connectivity index (χ2v) is 9.94. The highest BCUT2D eigenvalue weighted by Crippen LogP contribution is 2.32. The highest BCUT2D eigenvalue weighted by Gasteiger charge is 2.33. The van der Waals surface area contributed by atoms with Crippen LogP contribution in [0.4, 0.5) is 5.82 Å². The molecule has 0 fully saturated rings. The van der Waals surface area contributed by atoms with Gasteiger partial charge in [0.2, 0.25) is 0 Å². The fourth-order valence-corrected chi connectivity index (χ4v) is 5.17. The Morgan fingerprint density at radius 1 is 1.22 bits per heavy atom. The van der Waals surface area contributed by atoms with Gasteiger partial charge in [-0.1, -0.05) is 6.07 Å². The molecule has 1 amide bonds. The molecule has 1 atom stereocenters. The van der Waals surface area contributed by atoms with E-state index in [0.29, 0.717) is 18.8 Å². The second-order valence-electron chi connectivity index (χ2n) is 9.94. The Kier molecular flexibility index (Phi) is 5.61. The summed E-state index contributed by atoms with van der Waals surface area (Å²) in [6.45, 7) is 4.56. The van der Waals surface area contributed by atoms with Gasteiger partial charge in [0.1, 0.15) is 11.2 Å². The summed E-state index contributed by atoms with van der Waals surface area (Å²) >= 11 is 0. The molecule has 0 radical (unpaired) electrons. The molecule has 186 valence electrons. The molecule has 9 heteroatoms. The lowest BCUT2D eigenvalue weighted by Crippen LogP contribution is -2.33. The highest BCUT2D eigenvalue weighted by atomic mass is 16.5. The van der Waals surface area contributed by atoms with Crippen molar-refractivity contribution in [2.24, 2.45) is 7.05 Å². The molecule has 0 unspecified atom stereocenters. The van der Waals surface area contributed by atoms with Gasteiger partial charge in [-0.15, -0.1) is 0 Å². The summed E-state index contributed by atoms with van der Waals surface area (Å²) in [5.74, 6) is 0.709. The first-order valence-corrected chi connectivity index (χ1v) is 12.3. The zero-order valence-corrected chi connectivity index (χ0v) is 20.9. The largest absolute Gasteiger partial charge is 0.375 e. The van der Waals surface area contributed by atoms with Crippen molar-refractivity contribution in [3.8, 4) is 6.07 Å². The monoisotopic (exact) mass is 493 g/mol. The van der Waals surface area contributed by atoms with E-state index in [1.54, 1.807) is 12.3 Å². The summed E-state index contributed by atoms with van der Waals surface area (Å²) in [5, 5.41) is 18.0. The number of rotatable bonds is 4. The Morgan fingerprint density at radius 2 is 2.11 bits per heavy atom. The summed E-state index contributed by atoms with van der Waals surface area (Å²) in [6.07, 6.45) is 4.66. The number of benzene rings is 1. The molecule has 4 aromatic rings. The number of hydrogen-bond donors (Lipinski definition) is 1. The molecule has 37 heavy (non-hydrogen) atoms. The molecule has 0 bridgehead atoms. The van der Waals surface area contributed by atoms with Crippen molar-refractivity contribution >= 4 is 22.6 Å². The molecule has 5 heterocycles. The van der Waals surface area contributed by atoms with Gasteiger partial charge < -0.3 is 15.0 Å². The number of fused-ring (bicyclic) bond motifs is 3. The summed E-state index contributed by atoms with van der Waals surface area (Å²) < 4.78 is 7.51. The van der Waals surface area contributed by atoms with Crippen molar-refractivity contribution in [1.82, 2.24) is 25.1 Å². The van der Waals surface area contributed by atoms with E-state index in [-0.39, 0.29) is 12.5 Å². The Hall–Kier alpha value is -4.29. The van der Waals surface area contributed by atoms with E-state index in [2.05, 4.69) is 26.4 Å². The summed E-state index contributed by atoms with van der Waals surface area (Å²) in [5.41, 5.74) is 5.63. The number of amides is 1. The predicted molar refractivity (Wildman–Crippen MR) is 138 cm³/mol. The average Bonchev–Trinajstić information content (AvgIpc) is 3.31. The summed E-state index contributed by atoms with van der Waals surface area (Å²) in [7, 11) is 1.99. The number of ether oxygens (including phenoxy) is 1. The van der Waals surface area contributed by atoms with Crippen LogP contribution in [0.2, 0.25) is 0 Å². The van der Waals surface area contributed by atoms with Crippen LogP contribution >= 0.6 is 0 Å². The number of anilines is 1. The zero-order valence-electron chi connectivity index (χ0n) is 20.9. The van der Waals surface area contributed by atoms with Crippen LogP contribution in [0.5, 0.6) is 0 Å². The van der Waals surface area contributed by atoms with Crippen LogP contribution in [0.15, 0.2) is 48.8 Å². The third kappa shape index (κ3) is 4.19. The first-order chi connectivity index (χ1) is 17.9. The van der Waals surface area contributed by atoms with Crippen LogP contribution in [0.3, 0.4) is 0 Å². The van der Waals surface area contributed by atoms with Crippen molar-refractivity contribution in [3.63, 3.8) is 0 Å². The lowest BCUT2D eigenvalue weighted by Gasteiger charge is -2.30. The Balaban J connectivity index is 1.18. The fraction of sp³-hybridized carbons (Fsp3) is 0.321. The minimum absolute atomic E-state index is 0.209. The average molecular weight is 494 g/mol. The molecule has 1 aromatic carbocycles. The molecule has 0 saturated carbocycles. The van der Waals surface area contributed by atoms with Gasteiger partial charge >= 0.3 is 0 Å². The van der Waals surface area contributed by atoms with Crippen LogP contribution < -0.4 is 10.2 Å². The zero-order chi connectivity index (χ0) is 25.6. The van der Waals surface area contributed by atoms with Crippen LogP contribution in [-0.2, 0) is 43.3 Å². The van der Waals surface area contributed by atoms with Crippen molar-refractivity contribution in [3.05, 3.63) is 82.4 Å². The molecule has 1 N–H and O–H groups in total. The van der Waals surface area contributed by atoms with Crippen molar-refractivity contribution in [2.75, 3.05) is 18.1 Å². The SMILES string of the molecule is Cn1ncc2c1CCN(c1ccc3cnc(CNC(=O)c4ccc5c(c4)[C@](C)(C#N)COC5)cc3n1)C2. The van der Waals surface area contributed by atoms with Gasteiger partial charge in [-0.3, -0.25) is 14.5 Å². The van der Waals surface area contributed by atoms with Crippen LogP contribution in [0, 0.1) is 11.3 Å². The van der Waals surface area contributed by atoms with Gasteiger partial charge in [-0.2, -0.15) is 10.4 Å². The van der Waals surface area contributed by atoms with Crippen molar-refractivity contribution in [1.29, 1.82) is 5.26 Å².